The second-order valence-electron chi connectivity index (χ2n) is 7.36. The fourth-order valence-corrected chi connectivity index (χ4v) is 4.59. The normalized spacial score (nSPS) is 45.4. The molecule has 1 heterocycles. The van der Waals surface area contributed by atoms with Crippen LogP contribution in [-0.2, 0) is 4.79 Å². The lowest BCUT2D eigenvalue weighted by atomic mass is 9.69. The fraction of sp³-hybridized carbons (Fsp3) is 0.933. The molecule has 0 spiro atoms. The molecule has 4 unspecified atom stereocenters. The Kier molecular flexibility index (Phi) is 2.74. The zero-order valence-electron chi connectivity index (χ0n) is 11.9. The maximum absolute atomic E-state index is 12.3. The molecule has 0 aromatic carbocycles. The van der Waals surface area contributed by atoms with E-state index in [2.05, 4.69) is 31.4 Å². The first-order chi connectivity index (χ1) is 8.45. The van der Waals surface area contributed by atoms with Crippen molar-refractivity contribution in [1.29, 1.82) is 0 Å². The molecule has 2 bridgehead atoms. The van der Waals surface area contributed by atoms with Gasteiger partial charge in [-0.25, -0.2) is 0 Å². The molecule has 4 atom stereocenters. The van der Waals surface area contributed by atoms with Crippen molar-refractivity contribution in [3.63, 3.8) is 0 Å². The lowest BCUT2D eigenvalue weighted by Gasteiger charge is -2.39. The number of amides is 1. The molecule has 3 rings (SSSR count). The fourth-order valence-electron chi connectivity index (χ4n) is 4.59. The summed E-state index contributed by atoms with van der Waals surface area (Å²) in [5.74, 6) is 1.29. The van der Waals surface area contributed by atoms with Crippen LogP contribution in [0.15, 0.2) is 0 Å². The Balaban J connectivity index is 1.70. The van der Waals surface area contributed by atoms with Gasteiger partial charge in [0.1, 0.15) is 0 Å². The standard InChI is InChI=1S/C15H26N2O/c1-14(2)11-4-6-15(14,3)12(8-11)17-13(18)10-5-7-16-9-10/h10-12,16H,4-9H2,1-3H3,(H,17,18). The quantitative estimate of drug-likeness (QED) is 0.786. The summed E-state index contributed by atoms with van der Waals surface area (Å²) in [7, 11) is 0. The molecule has 1 saturated heterocycles. The number of fused-ring (bicyclic) bond motifs is 2. The molecule has 0 aromatic heterocycles. The summed E-state index contributed by atoms with van der Waals surface area (Å²) in [6.07, 6.45) is 4.82. The molecular weight excluding hydrogens is 224 g/mol. The van der Waals surface area contributed by atoms with Crippen molar-refractivity contribution >= 4 is 5.91 Å². The van der Waals surface area contributed by atoms with Gasteiger partial charge >= 0.3 is 0 Å². The van der Waals surface area contributed by atoms with E-state index in [4.69, 9.17) is 0 Å². The van der Waals surface area contributed by atoms with Gasteiger partial charge in [0, 0.05) is 12.6 Å². The van der Waals surface area contributed by atoms with Gasteiger partial charge in [-0.3, -0.25) is 4.79 Å². The molecule has 3 nitrogen and oxygen atoms in total. The zero-order chi connectivity index (χ0) is 13.0. The molecule has 3 aliphatic rings. The van der Waals surface area contributed by atoms with Crippen molar-refractivity contribution in [3.05, 3.63) is 0 Å². The first-order valence-electron chi connectivity index (χ1n) is 7.46. The Morgan fingerprint density at radius 1 is 1.28 bits per heavy atom. The Bertz CT molecular complexity index is 360. The Morgan fingerprint density at radius 2 is 2.06 bits per heavy atom. The van der Waals surface area contributed by atoms with Crippen LogP contribution < -0.4 is 10.6 Å². The van der Waals surface area contributed by atoms with Crippen LogP contribution in [0.25, 0.3) is 0 Å². The van der Waals surface area contributed by atoms with E-state index < -0.39 is 0 Å². The highest BCUT2D eigenvalue weighted by atomic mass is 16.2. The number of hydrogen-bond donors (Lipinski definition) is 2. The number of hydrogen-bond acceptors (Lipinski definition) is 2. The van der Waals surface area contributed by atoms with Crippen molar-refractivity contribution < 1.29 is 4.79 Å². The average molecular weight is 250 g/mol. The summed E-state index contributed by atoms with van der Waals surface area (Å²) in [4.78, 5) is 12.3. The number of carbonyl (C=O) groups is 1. The van der Waals surface area contributed by atoms with E-state index in [0.29, 0.717) is 16.9 Å². The second kappa shape index (κ2) is 3.96. The minimum Gasteiger partial charge on any atom is -0.353 e. The van der Waals surface area contributed by atoms with Crippen LogP contribution in [0.3, 0.4) is 0 Å². The third-order valence-corrected chi connectivity index (χ3v) is 6.54. The number of carbonyl (C=O) groups excluding carboxylic acids is 1. The molecule has 0 radical (unpaired) electrons. The first kappa shape index (κ1) is 12.5. The van der Waals surface area contributed by atoms with Crippen molar-refractivity contribution in [2.24, 2.45) is 22.7 Å². The average Bonchev–Trinajstić information content (AvgIpc) is 2.95. The molecule has 102 valence electrons. The van der Waals surface area contributed by atoms with E-state index in [0.717, 1.165) is 25.4 Å². The Morgan fingerprint density at radius 3 is 2.56 bits per heavy atom. The third-order valence-electron chi connectivity index (χ3n) is 6.54. The molecule has 2 saturated carbocycles. The van der Waals surface area contributed by atoms with Crippen LogP contribution in [0.1, 0.15) is 46.5 Å². The lowest BCUT2D eigenvalue weighted by molar-refractivity contribution is -0.126. The SMILES string of the molecule is CC1(C)C2CCC1(C)C(NC(=O)C1CCNC1)C2. The summed E-state index contributed by atoms with van der Waals surface area (Å²) < 4.78 is 0. The van der Waals surface area contributed by atoms with Crippen molar-refractivity contribution in [3.8, 4) is 0 Å². The molecule has 18 heavy (non-hydrogen) atoms. The third kappa shape index (κ3) is 1.56. The van der Waals surface area contributed by atoms with Gasteiger partial charge in [0.25, 0.3) is 0 Å². The van der Waals surface area contributed by atoms with E-state index in [-0.39, 0.29) is 11.8 Å². The lowest BCUT2D eigenvalue weighted by Crippen LogP contribution is -2.48. The van der Waals surface area contributed by atoms with Crippen molar-refractivity contribution in [1.82, 2.24) is 10.6 Å². The van der Waals surface area contributed by atoms with Gasteiger partial charge in [-0.1, -0.05) is 20.8 Å². The molecule has 1 amide bonds. The molecule has 2 aliphatic carbocycles. The summed E-state index contributed by atoms with van der Waals surface area (Å²) in [6.45, 7) is 9.04. The zero-order valence-corrected chi connectivity index (χ0v) is 11.9. The predicted octanol–water partition coefficient (Wildman–Crippen LogP) is 1.93. The van der Waals surface area contributed by atoms with Crippen LogP contribution in [0, 0.1) is 22.7 Å². The maximum Gasteiger partial charge on any atom is 0.224 e. The molecule has 1 aliphatic heterocycles. The van der Waals surface area contributed by atoms with Gasteiger partial charge in [-0.15, -0.1) is 0 Å². The van der Waals surface area contributed by atoms with Crippen molar-refractivity contribution in [2.75, 3.05) is 13.1 Å². The maximum atomic E-state index is 12.3. The highest BCUT2D eigenvalue weighted by Crippen LogP contribution is 2.65. The summed E-state index contributed by atoms with van der Waals surface area (Å²) in [6, 6.07) is 0.402. The highest BCUT2D eigenvalue weighted by Gasteiger charge is 2.61. The van der Waals surface area contributed by atoms with E-state index in [1.54, 1.807) is 0 Å². The van der Waals surface area contributed by atoms with E-state index in [1.807, 2.05) is 0 Å². The highest BCUT2D eigenvalue weighted by molar-refractivity contribution is 5.79. The molecule has 2 N–H and O–H groups in total. The van der Waals surface area contributed by atoms with Crippen LogP contribution in [-0.4, -0.2) is 25.0 Å². The first-order valence-corrected chi connectivity index (χ1v) is 7.46. The molecular formula is C15H26N2O. The summed E-state index contributed by atoms with van der Waals surface area (Å²) in [5, 5.41) is 6.65. The van der Waals surface area contributed by atoms with Gasteiger partial charge in [0.2, 0.25) is 5.91 Å². The van der Waals surface area contributed by atoms with Crippen LogP contribution in [0.2, 0.25) is 0 Å². The van der Waals surface area contributed by atoms with E-state index in [9.17, 15) is 4.79 Å². The predicted molar refractivity (Wildman–Crippen MR) is 72.1 cm³/mol. The molecule has 3 heteroatoms. The largest absolute Gasteiger partial charge is 0.353 e. The topological polar surface area (TPSA) is 41.1 Å². The van der Waals surface area contributed by atoms with Crippen LogP contribution in [0.4, 0.5) is 0 Å². The minimum atomic E-state index is 0.204. The molecule has 0 aromatic rings. The summed E-state index contributed by atoms with van der Waals surface area (Å²) in [5.41, 5.74) is 0.693. The van der Waals surface area contributed by atoms with Gasteiger partial charge in [0.05, 0.1) is 5.92 Å². The Labute approximate surface area is 110 Å². The van der Waals surface area contributed by atoms with Gasteiger partial charge in [0.15, 0.2) is 0 Å². The summed E-state index contributed by atoms with van der Waals surface area (Å²) >= 11 is 0. The molecule has 3 fully saturated rings. The van der Waals surface area contributed by atoms with Crippen LogP contribution >= 0.6 is 0 Å². The van der Waals surface area contributed by atoms with Crippen molar-refractivity contribution in [2.45, 2.75) is 52.5 Å². The van der Waals surface area contributed by atoms with E-state index in [1.165, 1.54) is 19.3 Å². The monoisotopic (exact) mass is 250 g/mol. The number of nitrogens with one attached hydrogen (secondary N) is 2. The Hall–Kier alpha value is -0.570. The van der Waals surface area contributed by atoms with Crippen LogP contribution in [0.5, 0.6) is 0 Å². The second-order valence-corrected chi connectivity index (χ2v) is 7.36. The smallest absolute Gasteiger partial charge is 0.224 e. The van der Waals surface area contributed by atoms with E-state index >= 15 is 0 Å². The number of rotatable bonds is 2. The van der Waals surface area contributed by atoms with Gasteiger partial charge in [-0.05, 0) is 49.0 Å². The minimum absolute atomic E-state index is 0.204. The van der Waals surface area contributed by atoms with Gasteiger partial charge < -0.3 is 10.6 Å². The van der Waals surface area contributed by atoms with Gasteiger partial charge in [-0.2, -0.15) is 0 Å².